The van der Waals surface area contributed by atoms with Gasteiger partial charge in [0.2, 0.25) is 0 Å². The summed E-state index contributed by atoms with van der Waals surface area (Å²) in [4.78, 5) is 18.1. The van der Waals surface area contributed by atoms with Gasteiger partial charge in [-0.3, -0.25) is 4.90 Å². The third-order valence-corrected chi connectivity index (χ3v) is 7.26. The second-order valence-corrected chi connectivity index (χ2v) is 10.9. The van der Waals surface area contributed by atoms with Crippen LogP contribution < -0.4 is 15.0 Å². The number of benzene rings is 2. The van der Waals surface area contributed by atoms with E-state index in [0.717, 1.165) is 53.2 Å². The van der Waals surface area contributed by atoms with Crippen LogP contribution in [0.3, 0.4) is 0 Å². The van der Waals surface area contributed by atoms with Gasteiger partial charge < -0.3 is 19.7 Å². The maximum absolute atomic E-state index is 13.2. The van der Waals surface area contributed by atoms with E-state index in [0.29, 0.717) is 13.1 Å². The van der Waals surface area contributed by atoms with Crippen molar-refractivity contribution in [2.45, 2.75) is 70.7 Å². The van der Waals surface area contributed by atoms with E-state index in [2.05, 4.69) is 34.5 Å². The number of amides is 1. The van der Waals surface area contributed by atoms with E-state index in [1.165, 1.54) is 5.56 Å². The Morgan fingerprint density at radius 3 is 2.60 bits per heavy atom. The van der Waals surface area contributed by atoms with E-state index in [1.807, 2.05) is 50.9 Å². The van der Waals surface area contributed by atoms with E-state index in [4.69, 9.17) is 21.7 Å². The van der Waals surface area contributed by atoms with Gasteiger partial charge in [0.1, 0.15) is 11.4 Å². The van der Waals surface area contributed by atoms with Crippen LogP contribution in [0.4, 0.5) is 10.5 Å². The topological polar surface area (TPSA) is 54.0 Å². The molecule has 2 heterocycles. The molecular formula is C28H37N3O3S. The zero-order valence-corrected chi connectivity index (χ0v) is 22.3. The van der Waals surface area contributed by atoms with Crippen LogP contribution in [0.25, 0.3) is 0 Å². The van der Waals surface area contributed by atoms with Crippen LogP contribution in [0.1, 0.15) is 62.8 Å². The van der Waals surface area contributed by atoms with Crippen molar-refractivity contribution in [1.82, 2.24) is 10.2 Å². The fraction of sp³-hybridized carbons (Fsp3) is 0.500. The van der Waals surface area contributed by atoms with Gasteiger partial charge in [-0.05, 0) is 63.3 Å². The molecule has 2 atom stereocenters. The third-order valence-electron chi connectivity index (χ3n) is 6.78. The number of rotatable bonds is 5. The number of carbonyl (C=O) groups excluding carboxylic acids is 1. The fourth-order valence-corrected chi connectivity index (χ4v) is 5.28. The molecule has 1 amide bonds. The highest BCUT2D eigenvalue weighted by Gasteiger charge is 2.37. The van der Waals surface area contributed by atoms with Crippen molar-refractivity contribution in [3.05, 3.63) is 59.2 Å². The van der Waals surface area contributed by atoms with Crippen molar-refractivity contribution in [3.8, 4) is 5.75 Å². The first-order valence-corrected chi connectivity index (χ1v) is 12.8. The smallest absolute Gasteiger partial charge is 0.410 e. The molecule has 35 heavy (non-hydrogen) atoms. The second-order valence-electron chi connectivity index (χ2n) is 10.4. The van der Waals surface area contributed by atoms with Gasteiger partial charge in [0.15, 0.2) is 0 Å². The number of carbonyl (C=O) groups is 1. The molecule has 0 unspecified atom stereocenters. The maximum Gasteiger partial charge on any atom is 0.410 e. The molecule has 1 saturated heterocycles. The number of nitrogens with zero attached hydrogens (tertiary/aromatic N) is 2. The van der Waals surface area contributed by atoms with E-state index in [1.54, 1.807) is 7.11 Å². The number of ether oxygens (including phenoxy) is 2. The SMILES string of the molecule is COc1cc2c(cc1CN[C@H]1CCCN(C(=O)OC(C)(C)C)[C@H]1c1ccccc1)N(C)C(=S)CC2. The zero-order chi connectivity index (χ0) is 25.2. The fourth-order valence-electron chi connectivity index (χ4n) is 5.08. The maximum atomic E-state index is 13.2. The molecule has 1 fully saturated rings. The summed E-state index contributed by atoms with van der Waals surface area (Å²) < 4.78 is 11.5. The number of piperidine rings is 1. The van der Waals surface area contributed by atoms with Gasteiger partial charge in [-0.25, -0.2) is 4.79 Å². The van der Waals surface area contributed by atoms with Gasteiger partial charge >= 0.3 is 6.09 Å². The molecular weight excluding hydrogens is 458 g/mol. The molecule has 2 aromatic carbocycles. The summed E-state index contributed by atoms with van der Waals surface area (Å²) >= 11 is 5.55. The number of hydrogen-bond donors (Lipinski definition) is 1. The van der Waals surface area contributed by atoms with Crippen LogP contribution in [-0.4, -0.2) is 48.3 Å². The van der Waals surface area contributed by atoms with Crippen molar-refractivity contribution in [2.24, 2.45) is 0 Å². The Balaban J connectivity index is 1.60. The molecule has 4 rings (SSSR count). The summed E-state index contributed by atoms with van der Waals surface area (Å²) in [6, 6.07) is 14.6. The Labute approximate surface area is 214 Å². The number of aryl methyl sites for hydroxylation is 1. The molecule has 0 aromatic heterocycles. The molecule has 7 heteroatoms. The van der Waals surface area contributed by atoms with Gasteiger partial charge in [0.05, 0.1) is 18.1 Å². The van der Waals surface area contributed by atoms with Crippen molar-refractivity contribution >= 4 is 29.0 Å². The molecule has 2 aliphatic heterocycles. The van der Waals surface area contributed by atoms with Gasteiger partial charge in [0, 0.05) is 43.9 Å². The summed E-state index contributed by atoms with van der Waals surface area (Å²) in [6.45, 7) is 7.04. The molecule has 0 saturated carbocycles. The van der Waals surface area contributed by atoms with Crippen molar-refractivity contribution in [1.29, 1.82) is 0 Å². The lowest BCUT2D eigenvalue weighted by Gasteiger charge is -2.42. The monoisotopic (exact) mass is 495 g/mol. The third kappa shape index (κ3) is 5.78. The lowest BCUT2D eigenvalue weighted by Crippen LogP contribution is -2.51. The second kappa shape index (κ2) is 10.5. The molecule has 6 nitrogen and oxygen atoms in total. The number of likely N-dealkylation sites (tertiary alicyclic amines) is 1. The molecule has 2 aliphatic rings. The van der Waals surface area contributed by atoms with Crippen LogP contribution in [0, 0.1) is 0 Å². The highest BCUT2D eigenvalue weighted by molar-refractivity contribution is 7.80. The first kappa shape index (κ1) is 25.5. The molecule has 0 aliphatic carbocycles. The highest BCUT2D eigenvalue weighted by Crippen LogP contribution is 2.36. The molecule has 188 valence electrons. The summed E-state index contributed by atoms with van der Waals surface area (Å²) in [7, 11) is 3.76. The average molecular weight is 496 g/mol. The van der Waals surface area contributed by atoms with Crippen molar-refractivity contribution in [3.63, 3.8) is 0 Å². The van der Waals surface area contributed by atoms with E-state index in [9.17, 15) is 4.79 Å². The minimum atomic E-state index is -0.540. The van der Waals surface area contributed by atoms with Crippen LogP contribution >= 0.6 is 12.2 Å². The van der Waals surface area contributed by atoms with Gasteiger partial charge in [-0.15, -0.1) is 0 Å². The number of fused-ring (bicyclic) bond motifs is 1. The standard InChI is InChI=1S/C28H37N3O3S/c1-28(2,3)34-27(32)31-15-9-12-22(26(31)19-10-7-6-8-11-19)29-18-21-16-23-20(17-24(21)33-5)13-14-25(35)30(23)4/h6-8,10-11,16-17,22,26,29H,9,12-15,18H2,1-5H3/t22-,26-/m0/s1. The number of nitrogens with one attached hydrogen (secondary N) is 1. The van der Waals surface area contributed by atoms with Crippen molar-refractivity contribution < 1.29 is 14.3 Å². The summed E-state index contributed by atoms with van der Waals surface area (Å²) in [5.74, 6) is 0.883. The summed E-state index contributed by atoms with van der Waals surface area (Å²) in [6.07, 6.45) is 3.45. The first-order chi connectivity index (χ1) is 16.7. The Hall–Kier alpha value is -2.64. The lowest BCUT2D eigenvalue weighted by molar-refractivity contribution is 0.00380. The Morgan fingerprint density at radius 2 is 1.91 bits per heavy atom. The zero-order valence-electron chi connectivity index (χ0n) is 21.5. The van der Waals surface area contributed by atoms with Crippen LogP contribution in [0.5, 0.6) is 5.75 Å². The molecule has 1 N–H and O–H groups in total. The molecule has 0 bridgehead atoms. The van der Waals surface area contributed by atoms with Crippen LogP contribution in [0.2, 0.25) is 0 Å². The van der Waals surface area contributed by atoms with Gasteiger partial charge in [0.25, 0.3) is 0 Å². The Kier molecular flexibility index (Phi) is 7.67. The molecule has 0 spiro atoms. The Morgan fingerprint density at radius 1 is 1.17 bits per heavy atom. The Bertz CT molecular complexity index is 1070. The number of thiocarbonyl (C=S) groups is 1. The molecule has 0 radical (unpaired) electrons. The van der Waals surface area contributed by atoms with Gasteiger partial charge in [-0.2, -0.15) is 0 Å². The van der Waals surface area contributed by atoms with E-state index >= 15 is 0 Å². The van der Waals surface area contributed by atoms with Crippen LogP contribution in [-0.2, 0) is 17.7 Å². The van der Waals surface area contributed by atoms with Gasteiger partial charge in [-0.1, -0.05) is 42.5 Å². The number of methoxy groups -OCH3 is 1. The average Bonchev–Trinajstić information content (AvgIpc) is 2.84. The first-order valence-electron chi connectivity index (χ1n) is 12.4. The normalized spacial score (nSPS) is 20.4. The minimum Gasteiger partial charge on any atom is -0.496 e. The quantitative estimate of drug-likeness (QED) is 0.542. The van der Waals surface area contributed by atoms with Crippen LogP contribution in [0.15, 0.2) is 42.5 Å². The predicted molar refractivity (Wildman–Crippen MR) is 144 cm³/mol. The van der Waals surface area contributed by atoms with Crippen molar-refractivity contribution in [2.75, 3.05) is 25.6 Å². The number of anilines is 1. The predicted octanol–water partition coefficient (Wildman–Crippen LogP) is 5.64. The number of hydrogen-bond acceptors (Lipinski definition) is 5. The lowest BCUT2D eigenvalue weighted by atomic mass is 9.90. The summed E-state index contributed by atoms with van der Waals surface area (Å²) in [5.41, 5.74) is 4.07. The van der Waals surface area contributed by atoms with E-state index in [-0.39, 0.29) is 18.2 Å². The molecule has 2 aromatic rings. The summed E-state index contributed by atoms with van der Waals surface area (Å²) in [5, 5.41) is 3.76. The van der Waals surface area contributed by atoms with E-state index < -0.39 is 5.60 Å². The highest BCUT2D eigenvalue weighted by atomic mass is 32.1. The largest absolute Gasteiger partial charge is 0.496 e. The minimum absolute atomic E-state index is 0.0817.